The number of rotatable bonds is 11. The Balaban J connectivity index is 4.96. The average Bonchev–Trinajstić information content (AvgIpc) is 2.38. The minimum atomic E-state index is -2.55. The highest BCUT2D eigenvalue weighted by Gasteiger charge is 2.44. The third kappa shape index (κ3) is 7.44. The Hall–Kier alpha value is 0.0969. The molecule has 0 aromatic carbocycles. The average molecular weight is 291 g/mol. The van der Waals surface area contributed by atoms with Gasteiger partial charge in [0.15, 0.2) is 0 Å². The van der Waals surface area contributed by atoms with Crippen LogP contribution in [0.5, 0.6) is 0 Å². The summed E-state index contributed by atoms with van der Waals surface area (Å²) in [6, 6.07) is 0.909. The highest BCUT2D eigenvalue weighted by atomic mass is 28.4. The van der Waals surface area contributed by atoms with Crippen LogP contribution in [0.3, 0.4) is 0 Å². The first-order valence-electron chi connectivity index (χ1n) is 7.96. The molecule has 0 radical (unpaired) electrons. The molecule has 0 aliphatic carbocycles. The summed E-state index contributed by atoms with van der Waals surface area (Å²) in [6.45, 7) is 14.9. The van der Waals surface area contributed by atoms with Crippen LogP contribution < -0.4 is 0 Å². The van der Waals surface area contributed by atoms with Crippen LogP contribution >= 0.6 is 0 Å². The SMILES string of the molecule is CCC[Si](OC(C)CC)(OC(C)CC)OC(C)CC. The molecule has 3 unspecified atom stereocenters. The maximum absolute atomic E-state index is 6.27. The Bertz CT molecular complexity index is 192. The van der Waals surface area contributed by atoms with Crippen LogP contribution in [0.25, 0.3) is 0 Å². The van der Waals surface area contributed by atoms with Gasteiger partial charge in [-0.25, -0.2) is 0 Å². The molecule has 19 heavy (non-hydrogen) atoms. The van der Waals surface area contributed by atoms with E-state index in [1.807, 2.05) is 0 Å². The summed E-state index contributed by atoms with van der Waals surface area (Å²) in [7, 11) is -2.55. The third-order valence-corrected chi connectivity index (χ3v) is 6.82. The standard InChI is InChI=1S/C15H34O3Si/c1-8-12-19(16-13(5)9-2,17-14(6)10-3)18-15(7)11-4/h13-15H,8-12H2,1-7H3. The van der Waals surface area contributed by atoms with Crippen molar-refractivity contribution in [2.75, 3.05) is 0 Å². The molecule has 3 nitrogen and oxygen atoms in total. The molecule has 116 valence electrons. The number of hydrogen-bond donors (Lipinski definition) is 0. The van der Waals surface area contributed by atoms with Gasteiger partial charge in [0.05, 0.1) is 0 Å². The van der Waals surface area contributed by atoms with Crippen LogP contribution in [0.2, 0.25) is 6.04 Å². The lowest BCUT2D eigenvalue weighted by molar-refractivity contribution is -0.0108. The maximum Gasteiger partial charge on any atom is 0.501 e. The highest BCUT2D eigenvalue weighted by Crippen LogP contribution is 2.25. The largest absolute Gasteiger partial charge is 0.501 e. The van der Waals surface area contributed by atoms with Crippen molar-refractivity contribution in [2.45, 2.75) is 98.5 Å². The van der Waals surface area contributed by atoms with Gasteiger partial charge in [-0.2, -0.15) is 0 Å². The summed E-state index contributed by atoms with van der Waals surface area (Å²) in [5.74, 6) is 0. The van der Waals surface area contributed by atoms with Crippen molar-refractivity contribution in [1.29, 1.82) is 0 Å². The lowest BCUT2D eigenvalue weighted by Crippen LogP contribution is -2.51. The van der Waals surface area contributed by atoms with E-state index < -0.39 is 8.80 Å². The van der Waals surface area contributed by atoms with E-state index in [0.717, 1.165) is 31.7 Å². The van der Waals surface area contributed by atoms with Crippen molar-refractivity contribution >= 4 is 8.80 Å². The second-order valence-electron chi connectivity index (χ2n) is 5.44. The van der Waals surface area contributed by atoms with E-state index in [9.17, 15) is 0 Å². The Morgan fingerprint density at radius 1 is 0.684 bits per heavy atom. The van der Waals surface area contributed by atoms with Crippen molar-refractivity contribution in [2.24, 2.45) is 0 Å². The molecule has 0 N–H and O–H groups in total. The van der Waals surface area contributed by atoms with Crippen LogP contribution in [0.15, 0.2) is 0 Å². The summed E-state index contributed by atoms with van der Waals surface area (Å²) in [6.07, 6.45) is 4.61. The predicted molar refractivity (Wildman–Crippen MR) is 83.4 cm³/mol. The van der Waals surface area contributed by atoms with E-state index in [0.29, 0.717) is 0 Å². The first kappa shape index (κ1) is 19.1. The fourth-order valence-corrected chi connectivity index (χ4v) is 5.21. The maximum atomic E-state index is 6.27. The van der Waals surface area contributed by atoms with E-state index in [1.165, 1.54) is 0 Å². The van der Waals surface area contributed by atoms with E-state index in [2.05, 4.69) is 48.5 Å². The first-order chi connectivity index (χ1) is 8.92. The molecule has 0 spiro atoms. The zero-order valence-electron chi connectivity index (χ0n) is 14.0. The van der Waals surface area contributed by atoms with Gasteiger partial charge in [-0.3, -0.25) is 0 Å². The van der Waals surface area contributed by atoms with Gasteiger partial charge >= 0.3 is 8.80 Å². The fraction of sp³-hybridized carbons (Fsp3) is 1.00. The van der Waals surface area contributed by atoms with Crippen molar-refractivity contribution in [1.82, 2.24) is 0 Å². The van der Waals surface area contributed by atoms with Crippen LogP contribution in [0.4, 0.5) is 0 Å². The zero-order valence-corrected chi connectivity index (χ0v) is 15.0. The van der Waals surface area contributed by atoms with Crippen LogP contribution in [0, 0.1) is 0 Å². The molecule has 0 fully saturated rings. The molecule has 0 aromatic rings. The monoisotopic (exact) mass is 290 g/mol. The van der Waals surface area contributed by atoms with E-state index in [-0.39, 0.29) is 18.3 Å². The summed E-state index contributed by atoms with van der Waals surface area (Å²) in [5, 5.41) is 0. The Morgan fingerprint density at radius 2 is 1.00 bits per heavy atom. The van der Waals surface area contributed by atoms with Gasteiger partial charge in [-0.05, 0) is 40.0 Å². The predicted octanol–water partition coefficient (Wildman–Crippen LogP) is 4.78. The van der Waals surface area contributed by atoms with Gasteiger partial charge in [0.1, 0.15) is 0 Å². The first-order valence-corrected chi connectivity index (χ1v) is 9.89. The summed E-state index contributed by atoms with van der Waals surface area (Å²) in [5.41, 5.74) is 0. The fourth-order valence-electron chi connectivity index (χ4n) is 1.74. The van der Waals surface area contributed by atoms with Gasteiger partial charge in [0.2, 0.25) is 0 Å². The van der Waals surface area contributed by atoms with E-state index in [4.69, 9.17) is 13.3 Å². The van der Waals surface area contributed by atoms with Crippen LogP contribution in [-0.2, 0) is 13.3 Å². The lowest BCUT2D eigenvalue weighted by atomic mass is 10.3. The van der Waals surface area contributed by atoms with Crippen molar-refractivity contribution in [3.8, 4) is 0 Å². The Kier molecular flexibility index (Phi) is 9.97. The van der Waals surface area contributed by atoms with Crippen LogP contribution in [0.1, 0.15) is 74.1 Å². The third-order valence-electron chi connectivity index (χ3n) is 3.42. The molecule has 0 aliphatic rings. The van der Waals surface area contributed by atoms with Gasteiger partial charge < -0.3 is 13.3 Å². The van der Waals surface area contributed by atoms with E-state index >= 15 is 0 Å². The topological polar surface area (TPSA) is 27.7 Å². The Morgan fingerprint density at radius 3 is 1.21 bits per heavy atom. The van der Waals surface area contributed by atoms with Gasteiger partial charge in [-0.1, -0.05) is 34.1 Å². The molecular weight excluding hydrogens is 256 g/mol. The molecule has 3 atom stereocenters. The minimum absolute atomic E-state index is 0.200. The quantitative estimate of drug-likeness (QED) is 0.512. The molecule has 0 rings (SSSR count). The van der Waals surface area contributed by atoms with Crippen molar-refractivity contribution in [3.63, 3.8) is 0 Å². The summed E-state index contributed by atoms with van der Waals surface area (Å²) >= 11 is 0. The normalized spacial score (nSPS) is 19.7. The summed E-state index contributed by atoms with van der Waals surface area (Å²) < 4.78 is 18.8. The molecule has 4 heteroatoms. The van der Waals surface area contributed by atoms with Gasteiger partial charge in [0.25, 0.3) is 0 Å². The van der Waals surface area contributed by atoms with Gasteiger partial charge in [-0.15, -0.1) is 0 Å². The Labute approximate surface area is 121 Å². The second-order valence-corrected chi connectivity index (χ2v) is 8.02. The van der Waals surface area contributed by atoms with E-state index in [1.54, 1.807) is 0 Å². The molecule has 0 saturated carbocycles. The molecule has 0 saturated heterocycles. The second kappa shape index (κ2) is 9.92. The summed E-state index contributed by atoms with van der Waals surface area (Å²) in [4.78, 5) is 0. The lowest BCUT2D eigenvalue weighted by Gasteiger charge is -2.36. The molecule has 0 amide bonds. The zero-order chi connectivity index (χ0) is 14.9. The minimum Gasteiger partial charge on any atom is -0.371 e. The van der Waals surface area contributed by atoms with Crippen molar-refractivity contribution in [3.05, 3.63) is 0 Å². The van der Waals surface area contributed by atoms with Crippen LogP contribution in [-0.4, -0.2) is 27.1 Å². The molecule has 0 aliphatic heterocycles. The number of hydrogen-bond acceptors (Lipinski definition) is 3. The molecule has 0 aromatic heterocycles. The smallest absolute Gasteiger partial charge is 0.371 e. The van der Waals surface area contributed by atoms with Gasteiger partial charge in [0, 0.05) is 24.4 Å². The highest BCUT2D eigenvalue weighted by molar-refractivity contribution is 6.60. The molecular formula is C15H34O3Si. The molecule has 0 bridgehead atoms. The van der Waals surface area contributed by atoms with Crippen molar-refractivity contribution < 1.29 is 13.3 Å². The molecule has 0 heterocycles.